The zero-order valence-electron chi connectivity index (χ0n) is 12.4. The van der Waals surface area contributed by atoms with Crippen LogP contribution in [0.25, 0.3) is 0 Å². The summed E-state index contributed by atoms with van der Waals surface area (Å²) in [6.45, 7) is 9.02. The lowest BCUT2D eigenvalue weighted by Gasteiger charge is -2.34. The summed E-state index contributed by atoms with van der Waals surface area (Å²) in [5.41, 5.74) is 9.37. The predicted octanol–water partition coefficient (Wildman–Crippen LogP) is 2.18. The summed E-state index contributed by atoms with van der Waals surface area (Å²) in [7, 11) is 0. The summed E-state index contributed by atoms with van der Waals surface area (Å²) in [5.74, 6) is 0.187. The first-order valence-corrected chi connectivity index (χ1v) is 6.94. The Morgan fingerprint density at radius 1 is 1.42 bits per heavy atom. The second-order valence-electron chi connectivity index (χ2n) is 6.20. The molecule has 0 saturated carbocycles. The van der Waals surface area contributed by atoms with Crippen LogP contribution in [0.5, 0.6) is 0 Å². The molecule has 1 fully saturated rings. The Kier molecular flexibility index (Phi) is 3.68. The van der Waals surface area contributed by atoms with E-state index >= 15 is 0 Å². The second-order valence-corrected chi connectivity index (χ2v) is 6.20. The molecule has 1 aliphatic rings. The fourth-order valence-corrected chi connectivity index (χ4v) is 2.80. The number of nitrogens with two attached hydrogens (primary N) is 1. The lowest BCUT2D eigenvalue weighted by molar-refractivity contribution is -0.133. The molecule has 19 heavy (non-hydrogen) atoms. The molecule has 2 N–H and O–H groups in total. The number of aryl methyl sites for hydroxylation is 2. The first-order valence-electron chi connectivity index (χ1n) is 6.94. The van der Waals surface area contributed by atoms with Crippen LogP contribution in [0.15, 0.2) is 18.2 Å². The summed E-state index contributed by atoms with van der Waals surface area (Å²) < 4.78 is 0. The van der Waals surface area contributed by atoms with Crippen molar-refractivity contribution in [2.75, 3.05) is 6.54 Å². The van der Waals surface area contributed by atoms with Gasteiger partial charge in [0.1, 0.15) is 0 Å². The number of carbonyl (C=O) groups excluding carboxylic acids is 1. The summed E-state index contributed by atoms with van der Waals surface area (Å²) in [6, 6.07) is 6.35. The highest BCUT2D eigenvalue weighted by Crippen LogP contribution is 2.28. The van der Waals surface area contributed by atoms with Crippen LogP contribution in [0.1, 0.15) is 37.0 Å². The van der Waals surface area contributed by atoms with Crippen molar-refractivity contribution in [2.45, 2.75) is 52.1 Å². The van der Waals surface area contributed by atoms with Gasteiger partial charge in [0, 0.05) is 12.6 Å². The number of hydrogen-bond donors (Lipinski definition) is 1. The molecule has 2 rings (SSSR count). The quantitative estimate of drug-likeness (QED) is 0.886. The van der Waals surface area contributed by atoms with E-state index in [0.29, 0.717) is 6.42 Å². The molecule has 1 aromatic rings. The topological polar surface area (TPSA) is 46.3 Å². The zero-order chi connectivity index (χ0) is 14.2. The number of rotatable bonds is 2. The van der Waals surface area contributed by atoms with E-state index in [1.807, 2.05) is 4.90 Å². The van der Waals surface area contributed by atoms with Crippen molar-refractivity contribution in [1.82, 2.24) is 4.90 Å². The van der Waals surface area contributed by atoms with Gasteiger partial charge in [-0.2, -0.15) is 0 Å². The van der Waals surface area contributed by atoms with Gasteiger partial charge in [0.15, 0.2) is 0 Å². The summed E-state index contributed by atoms with van der Waals surface area (Å²) in [5, 5.41) is 0. The molecule has 104 valence electrons. The molecule has 1 saturated heterocycles. The van der Waals surface area contributed by atoms with Gasteiger partial charge in [-0.1, -0.05) is 23.8 Å². The van der Waals surface area contributed by atoms with E-state index in [-0.39, 0.29) is 17.5 Å². The van der Waals surface area contributed by atoms with E-state index in [0.717, 1.165) is 18.5 Å². The maximum absolute atomic E-state index is 12.5. The van der Waals surface area contributed by atoms with Crippen molar-refractivity contribution in [1.29, 1.82) is 0 Å². The summed E-state index contributed by atoms with van der Waals surface area (Å²) in [4.78, 5) is 14.5. The third-order valence-corrected chi connectivity index (χ3v) is 4.41. The van der Waals surface area contributed by atoms with Gasteiger partial charge in [-0.05, 0) is 45.2 Å². The highest BCUT2D eigenvalue weighted by Gasteiger charge is 2.41. The Labute approximate surface area is 115 Å². The molecule has 0 radical (unpaired) electrons. The number of carbonyl (C=O) groups is 1. The molecule has 3 nitrogen and oxygen atoms in total. The van der Waals surface area contributed by atoms with Crippen molar-refractivity contribution in [2.24, 2.45) is 5.73 Å². The smallest absolute Gasteiger partial charge is 0.227 e. The molecule has 0 spiro atoms. The molecule has 1 unspecified atom stereocenters. The van der Waals surface area contributed by atoms with Crippen LogP contribution in [0.4, 0.5) is 0 Å². The average Bonchev–Trinajstić information content (AvgIpc) is 2.59. The zero-order valence-corrected chi connectivity index (χ0v) is 12.4. The number of hydrogen-bond acceptors (Lipinski definition) is 2. The highest BCUT2D eigenvalue weighted by atomic mass is 16.2. The predicted molar refractivity (Wildman–Crippen MR) is 78.0 cm³/mol. The van der Waals surface area contributed by atoms with E-state index in [1.54, 1.807) is 0 Å². The van der Waals surface area contributed by atoms with Gasteiger partial charge in [-0.3, -0.25) is 4.79 Å². The Morgan fingerprint density at radius 2 is 2.11 bits per heavy atom. The van der Waals surface area contributed by atoms with Gasteiger partial charge in [-0.25, -0.2) is 0 Å². The van der Waals surface area contributed by atoms with Crippen LogP contribution < -0.4 is 5.73 Å². The molecular formula is C16H24N2O. The summed E-state index contributed by atoms with van der Waals surface area (Å²) in [6.07, 6.45) is 1.37. The first kappa shape index (κ1) is 14.1. The molecule has 1 atom stereocenters. The molecule has 0 aromatic heterocycles. The van der Waals surface area contributed by atoms with E-state index in [1.165, 1.54) is 11.1 Å². The van der Waals surface area contributed by atoms with Crippen LogP contribution in [0.2, 0.25) is 0 Å². The van der Waals surface area contributed by atoms with Crippen molar-refractivity contribution in [3.8, 4) is 0 Å². The lowest BCUT2D eigenvalue weighted by Crippen LogP contribution is -2.51. The number of amides is 1. The van der Waals surface area contributed by atoms with Crippen molar-refractivity contribution >= 4 is 5.91 Å². The van der Waals surface area contributed by atoms with E-state index in [2.05, 4.69) is 45.9 Å². The molecule has 1 aromatic carbocycles. The third kappa shape index (κ3) is 2.66. The van der Waals surface area contributed by atoms with Gasteiger partial charge in [0.05, 0.1) is 12.0 Å². The number of nitrogens with zero attached hydrogens (tertiary/aromatic N) is 1. The van der Waals surface area contributed by atoms with Crippen LogP contribution in [-0.2, 0) is 11.2 Å². The van der Waals surface area contributed by atoms with Crippen LogP contribution in [-0.4, -0.2) is 28.9 Å². The second kappa shape index (κ2) is 4.97. The fraction of sp³-hybridized carbons (Fsp3) is 0.562. The normalized spacial score (nSPS) is 21.7. The number of likely N-dealkylation sites (tertiary alicyclic amines) is 1. The molecule has 0 aliphatic carbocycles. The fourth-order valence-electron chi connectivity index (χ4n) is 2.80. The standard InChI is InChI=1S/C16H24N2O/c1-11-5-6-12(2)13(9-11)10-15(19)18-8-7-14(17)16(18,3)4/h5-6,9,14H,7-8,10,17H2,1-4H3. The van der Waals surface area contributed by atoms with Crippen molar-refractivity contribution in [3.63, 3.8) is 0 Å². The SMILES string of the molecule is Cc1ccc(C)c(CC(=O)N2CCC(N)C2(C)C)c1. The van der Waals surface area contributed by atoms with E-state index in [4.69, 9.17) is 5.73 Å². The van der Waals surface area contributed by atoms with Gasteiger partial charge >= 0.3 is 0 Å². The van der Waals surface area contributed by atoms with Crippen molar-refractivity contribution in [3.05, 3.63) is 34.9 Å². The minimum Gasteiger partial charge on any atom is -0.336 e. The molecular weight excluding hydrogens is 236 g/mol. The van der Waals surface area contributed by atoms with Crippen LogP contribution in [0.3, 0.4) is 0 Å². The summed E-state index contributed by atoms with van der Waals surface area (Å²) >= 11 is 0. The highest BCUT2D eigenvalue weighted by molar-refractivity contribution is 5.80. The van der Waals surface area contributed by atoms with Gasteiger partial charge in [-0.15, -0.1) is 0 Å². The van der Waals surface area contributed by atoms with Crippen LogP contribution >= 0.6 is 0 Å². The first-order chi connectivity index (χ1) is 8.82. The monoisotopic (exact) mass is 260 g/mol. The van der Waals surface area contributed by atoms with Gasteiger partial charge in [0.25, 0.3) is 0 Å². The molecule has 1 amide bonds. The number of benzene rings is 1. The Morgan fingerprint density at radius 3 is 2.68 bits per heavy atom. The Balaban J connectivity index is 2.16. The minimum absolute atomic E-state index is 0.0788. The van der Waals surface area contributed by atoms with E-state index < -0.39 is 0 Å². The lowest BCUT2D eigenvalue weighted by atomic mass is 9.95. The van der Waals surface area contributed by atoms with Crippen LogP contribution in [0, 0.1) is 13.8 Å². The van der Waals surface area contributed by atoms with Crippen molar-refractivity contribution < 1.29 is 4.79 Å². The van der Waals surface area contributed by atoms with Gasteiger partial charge < -0.3 is 10.6 Å². The largest absolute Gasteiger partial charge is 0.336 e. The molecule has 1 aliphatic heterocycles. The van der Waals surface area contributed by atoms with Gasteiger partial charge in [0.2, 0.25) is 5.91 Å². The molecule has 0 bridgehead atoms. The molecule has 3 heteroatoms. The maximum Gasteiger partial charge on any atom is 0.227 e. The Bertz CT molecular complexity index is 494. The van der Waals surface area contributed by atoms with E-state index in [9.17, 15) is 4.79 Å². The average molecular weight is 260 g/mol. The third-order valence-electron chi connectivity index (χ3n) is 4.41. The molecule has 1 heterocycles. The maximum atomic E-state index is 12.5. The Hall–Kier alpha value is -1.35. The minimum atomic E-state index is -0.227.